The average molecular weight is 507 g/mol. The molecule has 40 heavy (non-hydrogen) atoms. The fourth-order valence-corrected chi connectivity index (χ4v) is 6.43. The molecule has 8 aromatic rings. The molecule has 0 radical (unpaired) electrons. The Balaban J connectivity index is 1.61. The molecule has 0 heterocycles. The number of hydrogen-bond donors (Lipinski definition) is 0. The maximum Gasteiger partial charge on any atom is -0.00141 e. The molecule has 0 atom stereocenters. The number of rotatable bonds is 3. The third-order valence-corrected chi connectivity index (χ3v) is 8.27. The highest BCUT2D eigenvalue weighted by molar-refractivity contribution is 6.22. The van der Waals surface area contributed by atoms with Crippen molar-refractivity contribution in [2.75, 3.05) is 0 Å². The molecule has 0 spiro atoms. The maximum absolute atomic E-state index is 2.33. The highest BCUT2D eigenvalue weighted by Crippen LogP contribution is 2.47. The van der Waals surface area contributed by atoms with Crippen LogP contribution in [0.2, 0.25) is 0 Å². The highest BCUT2D eigenvalue weighted by Gasteiger charge is 2.20. The Labute approximate surface area is 233 Å². The molecule has 0 bridgehead atoms. The zero-order valence-electron chi connectivity index (χ0n) is 22.0. The Morgan fingerprint density at radius 1 is 0.225 bits per heavy atom. The molecule has 0 heteroatoms. The smallest absolute Gasteiger partial charge is 0.00141 e. The van der Waals surface area contributed by atoms with Crippen LogP contribution in [-0.4, -0.2) is 0 Å². The zero-order chi connectivity index (χ0) is 26.5. The van der Waals surface area contributed by atoms with E-state index in [1.165, 1.54) is 76.5 Å². The van der Waals surface area contributed by atoms with Crippen LogP contribution in [0, 0.1) is 0 Å². The summed E-state index contributed by atoms with van der Waals surface area (Å²) in [7, 11) is 0. The van der Waals surface area contributed by atoms with Crippen LogP contribution in [0.3, 0.4) is 0 Å². The lowest BCUT2D eigenvalue weighted by atomic mass is 9.82. The molecule has 8 aromatic carbocycles. The van der Waals surface area contributed by atoms with Gasteiger partial charge >= 0.3 is 0 Å². The Kier molecular flexibility index (Phi) is 5.24. The van der Waals surface area contributed by atoms with E-state index in [0.29, 0.717) is 0 Å². The molecule has 0 aliphatic heterocycles. The third kappa shape index (κ3) is 3.54. The second-order valence-electron chi connectivity index (χ2n) is 10.5. The van der Waals surface area contributed by atoms with Gasteiger partial charge in [0.15, 0.2) is 0 Å². The summed E-state index contributed by atoms with van der Waals surface area (Å²) in [6, 6.07) is 57.6. The normalized spacial score (nSPS) is 11.5. The van der Waals surface area contributed by atoms with Gasteiger partial charge in [0.1, 0.15) is 0 Å². The van der Waals surface area contributed by atoms with E-state index in [0.717, 1.165) is 0 Å². The molecule has 0 N–H and O–H groups in total. The van der Waals surface area contributed by atoms with Gasteiger partial charge in [0.25, 0.3) is 0 Å². The van der Waals surface area contributed by atoms with Crippen molar-refractivity contribution in [2.24, 2.45) is 0 Å². The van der Waals surface area contributed by atoms with Gasteiger partial charge in [0.2, 0.25) is 0 Å². The lowest BCUT2D eigenvalue weighted by Gasteiger charge is -2.21. The van der Waals surface area contributed by atoms with Gasteiger partial charge in [-0.15, -0.1) is 0 Å². The molecule has 0 aliphatic rings. The van der Waals surface area contributed by atoms with Gasteiger partial charge in [-0.3, -0.25) is 0 Å². The van der Waals surface area contributed by atoms with Crippen molar-refractivity contribution in [3.8, 4) is 33.4 Å². The number of hydrogen-bond acceptors (Lipinski definition) is 0. The lowest BCUT2D eigenvalue weighted by Crippen LogP contribution is -1.94. The molecule has 0 unspecified atom stereocenters. The molecule has 8 rings (SSSR count). The van der Waals surface area contributed by atoms with Gasteiger partial charge in [-0.05, 0) is 76.5 Å². The maximum atomic E-state index is 2.33. The van der Waals surface area contributed by atoms with Gasteiger partial charge in [0.05, 0.1) is 0 Å². The summed E-state index contributed by atoms with van der Waals surface area (Å²) in [5, 5.41) is 10.2. The second kappa shape index (κ2) is 9.22. The number of fused-ring (bicyclic) bond motifs is 6. The quantitative estimate of drug-likeness (QED) is 0.209. The average Bonchev–Trinajstić information content (AvgIpc) is 3.04. The van der Waals surface area contributed by atoms with E-state index in [4.69, 9.17) is 0 Å². The Hall–Kier alpha value is -5.20. The van der Waals surface area contributed by atoms with Crippen LogP contribution in [0.25, 0.3) is 76.5 Å². The second-order valence-corrected chi connectivity index (χ2v) is 10.5. The van der Waals surface area contributed by atoms with E-state index in [2.05, 4.69) is 158 Å². The summed E-state index contributed by atoms with van der Waals surface area (Å²) in [6.45, 7) is 0. The summed E-state index contributed by atoms with van der Waals surface area (Å²) in [5.74, 6) is 0. The zero-order valence-corrected chi connectivity index (χ0v) is 22.0. The summed E-state index contributed by atoms with van der Waals surface area (Å²) in [6.07, 6.45) is 0. The fourth-order valence-electron chi connectivity index (χ4n) is 6.43. The lowest BCUT2D eigenvalue weighted by molar-refractivity contribution is 1.61. The van der Waals surface area contributed by atoms with Gasteiger partial charge in [0, 0.05) is 0 Å². The van der Waals surface area contributed by atoms with Gasteiger partial charge < -0.3 is 0 Å². The highest BCUT2D eigenvalue weighted by atomic mass is 14.2. The van der Waals surface area contributed by atoms with E-state index in [1.807, 2.05) is 0 Å². The van der Waals surface area contributed by atoms with Crippen LogP contribution < -0.4 is 0 Å². The topological polar surface area (TPSA) is 0 Å². The molecule has 0 amide bonds. The van der Waals surface area contributed by atoms with Crippen molar-refractivity contribution in [3.05, 3.63) is 158 Å². The Morgan fingerprint density at radius 2 is 0.600 bits per heavy atom. The Morgan fingerprint density at radius 3 is 1.05 bits per heavy atom. The van der Waals surface area contributed by atoms with Crippen molar-refractivity contribution in [3.63, 3.8) is 0 Å². The van der Waals surface area contributed by atoms with Crippen LogP contribution >= 0.6 is 0 Å². The van der Waals surface area contributed by atoms with Crippen LogP contribution in [0.5, 0.6) is 0 Å². The van der Waals surface area contributed by atoms with Crippen LogP contribution in [-0.2, 0) is 0 Å². The first-order chi connectivity index (χ1) is 19.9. The fraction of sp³-hybridized carbons (Fsp3) is 0. The first-order valence-electron chi connectivity index (χ1n) is 13.9. The first-order valence-corrected chi connectivity index (χ1v) is 13.9. The van der Waals surface area contributed by atoms with Crippen molar-refractivity contribution in [1.82, 2.24) is 0 Å². The Bertz CT molecular complexity index is 2030. The minimum Gasteiger partial charge on any atom is -0.0622 e. The summed E-state index contributed by atoms with van der Waals surface area (Å²) >= 11 is 0. The monoisotopic (exact) mass is 506 g/mol. The summed E-state index contributed by atoms with van der Waals surface area (Å²) < 4.78 is 0. The third-order valence-electron chi connectivity index (χ3n) is 8.27. The molecular weight excluding hydrogens is 480 g/mol. The van der Waals surface area contributed by atoms with Crippen LogP contribution in [0.1, 0.15) is 0 Å². The predicted octanol–water partition coefficient (Wildman–Crippen LogP) is 11.3. The van der Waals surface area contributed by atoms with Gasteiger partial charge in [-0.25, -0.2) is 0 Å². The SMILES string of the molecule is c1ccc(-c2ccc3c(ccc4ccccc43)c2-c2c(-c3ccccc3)ccc3c2ccc2ccccc23)cc1. The summed E-state index contributed by atoms with van der Waals surface area (Å²) in [5.41, 5.74) is 7.53. The molecule has 0 aromatic heterocycles. The van der Waals surface area contributed by atoms with Gasteiger partial charge in [-0.2, -0.15) is 0 Å². The van der Waals surface area contributed by atoms with E-state index in [9.17, 15) is 0 Å². The van der Waals surface area contributed by atoms with E-state index in [1.54, 1.807) is 0 Å². The summed E-state index contributed by atoms with van der Waals surface area (Å²) in [4.78, 5) is 0. The van der Waals surface area contributed by atoms with Crippen molar-refractivity contribution in [1.29, 1.82) is 0 Å². The van der Waals surface area contributed by atoms with E-state index in [-0.39, 0.29) is 0 Å². The van der Waals surface area contributed by atoms with Crippen molar-refractivity contribution >= 4 is 43.1 Å². The van der Waals surface area contributed by atoms with Gasteiger partial charge in [-0.1, -0.05) is 158 Å². The van der Waals surface area contributed by atoms with Crippen molar-refractivity contribution in [2.45, 2.75) is 0 Å². The van der Waals surface area contributed by atoms with E-state index >= 15 is 0 Å². The van der Waals surface area contributed by atoms with Crippen molar-refractivity contribution < 1.29 is 0 Å². The van der Waals surface area contributed by atoms with Crippen LogP contribution in [0.4, 0.5) is 0 Å². The first kappa shape index (κ1) is 22.8. The van der Waals surface area contributed by atoms with Crippen LogP contribution in [0.15, 0.2) is 158 Å². The minimum absolute atomic E-state index is 1.23. The molecule has 0 nitrogen and oxygen atoms in total. The minimum atomic E-state index is 1.23. The molecule has 186 valence electrons. The molecule has 0 aliphatic carbocycles. The predicted molar refractivity (Wildman–Crippen MR) is 173 cm³/mol. The largest absolute Gasteiger partial charge is 0.0622 e. The van der Waals surface area contributed by atoms with E-state index < -0.39 is 0 Å². The number of benzene rings is 8. The standard InChI is InChI=1S/C40H26/c1-3-11-27(12-4-1)33-23-25-35-31-17-9-7-15-29(31)19-21-37(35)39(33)40-34(28-13-5-2-6-14-28)24-26-36-32-18-10-8-16-30(32)20-22-38(36)40/h1-26H. The molecular formula is C40H26. The molecule has 0 saturated carbocycles. The molecule has 0 fully saturated rings. The molecule has 0 saturated heterocycles.